The lowest BCUT2D eigenvalue weighted by Crippen LogP contribution is -2.36. The van der Waals surface area contributed by atoms with Crippen molar-refractivity contribution in [3.8, 4) is 0 Å². The first-order valence-corrected chi connectivity index (χ1v) is 12.1. The Balaban J connectivity index is 1.59. The van der Waals surface area contributed by atoms with Gasteiger partial charge >= 0.3 is 5.69 Å². The second-order valence-corrected chi connectivity index (χ2v) is 9.63. The highest BCUT2D eigenvalue weighted by Crippen LogP contribution is 2.39. The second kappa shape index (κ2) is 9.89. The van der Waals surface area contributed by atoms with Gasteiger partial charge in [0.2, 0.25) is 5.91 Å². The van der Waals surface area contributed by atoms with Crippen LogP contribution in [-0.2, 0) is 11.3 Å². The van der Waals surface area contributed by atoms with Crippen molar-refractivity contribution >= 4 is 22.8 Å². The number of carbonyl (C=O) groups excluding carboxylic acids is 2. The number of likely N-dealkylation sites (tertiary alicyclic amines) is 1. The second-order valence-electron chi connectivity index (χ2n) is 9.63. The van der Waals surface area contributed by atoms with Gasteiger partial charge < -0.3 is 10.2 Å². The smallest absolute Gasteiger partial charge is 0.330 e. The Kier molecular flexibility index (Phi) is 6.95. The maximum absolute atomic E-state index is 13.1. The molecule has 2 aromatic rings. The van der Waals surface area contributed by atoms with Gasteiger partial charge in [0.1, 0.15) is 0 Å². The maximum atomic E-state index is 13.1. The van der Waals surface area contributed by atoms with Gasteiger partial charge in [0.05, 0.1) is 10.9 Å². The molecule has 1 aliphatic heterocycles. The number of hydrogen-bond donors (Lipinski definition) is 2. The van der Waals surface area contributed by atoms with Crippen molar-refractivity contribution in [3.05, 3.63) is 38.2 Å². The van der Waals surface area contributed by atoms with E-state index >= 15 is 0 Å². The van der Waals surface area contributed by atoms with E-state index in [0.29, 0.717) is 6.54 Å². The van der Waals surface area contributed by atoms with Gasteiger partial charge in [-0.15, -0.1) is 0 Å². The summed E-state index contributed by atoms with van der Waals surface area (Å²) in [6.45, 7) is 6.08. The van der Waals surface area contributed by atoms with Crippen LogP contribution in [0.5, 0.6) is 0 Å². The maximum Gasteiger partial charge on any atom is 0.330 e. The SMILES string of the molecule is CC(C)Cn1c(=O)[nH]c(=O)c2c(C(=O)NCCC(=O)N3CCCCCC3)cc(C3CC3)nc21. The van der Waals surface area contributed by atoms with Crippen molar-refractivity contribution in [1.29, 1.82) is 0 Å². The summed E-state index contributed by atoms with van der Waals surface area (Å²) in [7, 11) is 0. The number of H-pyrrole nitrogens is 1. The minimum atomic E-state index is -0.615. The molecule has 2 N–H and O–H groups in total. The Morgan fingerprint density at radius 1 is 1.15 bits per heavy atom. The highest BCUT2D eigenvalue weighted by Gasteiger charge is 2.29. The molecule has 178 valence electrons. The molecule has 1 saturated heterocycles. The molecule has 0 bridgehead atoms. The van der Waals surface area contributed by atoms with Crippen LogP contribution in [0.15, 0.2) is 15.7 Å². The molecule has 2 aromatic heterocycles. The molecule has 0 unspecified atom stereocenters. The summed E-state index contributed by atoms with van der Waals surface area (Å²) in [5, 5.41) is 2.93. The van der Waals surface area contributed by atoms with Crippen molar-refractivity contribution in [1.82, 2.24) is 24.8 Å². The standard InChI is InChI=1S/C24H33N5O4/c1-15(2)14-29-21-20(23(32)27-24(29)33)17(13-18(26-21)16-7-8-16)22(31)25-10-9-19(30)28-11-5-3-4-6-12-28/h13,15-16H,3-12,14H2,1-2H3,(H,25,31)(H,27,32,33). The average molecular weight is 456 g/mol. The summed E-state index contributed by atoms with van der Waals surface area (Å²) < 4.78 is 1.45. The number of nitrogens with zero attached hydrogens (tertiary/aromatic N) is 3. The van der Waals surface area contributed by atoms with Gasteiger partial charge in [-0.3, -0.25) is 23.9 Å². The quantitative estimate of drug-likeness (QED) is 0.663. The molecule has 2 aliphatic rings. The minimum absolute atomic E-state index is 0.0408. The molecule has 3 heterocycles. The lowest BCUT2D eigenvalue weighted by molar-refractivity contribution is -0.131. The highest BCUT2D eigenvalue weighted by atomic mass is 16.2. The molecule has 0 atom stereocenters. The molecule has 33 heavy (non-hydrogen) atoms. The van der Waals surface area contributed by atoms with Gasteiger partial charge in [0, 0.05) is 44.2 Å². The molecule has 9 nitrogen and oxygen atoms in total. The van der Waals surface area contributed by atoms with E-state index in [2.05, 4.69) is 15.3 Å². The van der Waals surface area contributed by atoms with Crippen molar-refractivity contribution in [2.75, 3.05) is 19.6 Å². The van der Waals surface area contributed by atoms with Crippen molar-refractivity contribution in [2.45, 2.75) is 71.3 Å². The molecular weight excluding hydrogens is 422 g/mol. The zero-order valence-electron chi connectivity index (χ0n) is 19.5. The lowest BCUT2D eigenvalue weighted by atomic mass is 10.1. The van der Waals surface area contributed by atoms with Gasteiger partial charge in [-0.25, -0.2) is 9.78 Å². The van der Waals surface area contributed by atoms with Gasteiger partial charge in [0.25, 0.3) is 11.5 Å². The third kappa shape index (κ3) is 5.34. The number of fused-ring (bicyclic) bond motifs is 1. The topological polar surface area (TPSA) is 117 Å². The summed E-state index contributed by atoms with van der Waals surface area (Å²) in [6, 6.07) is 1.67. The van der Waals surface area contributed by atoms with E-state index in [1.807, 2.05) is 18.7 Å². The van der Waals surface area contributed by atoms with Crippen molar-refractivity contribution < 1.29 is 9.59 Å². The van der Waals surface area contributed by atoms with Gasteiger partial charge in [-0.2, -0.15) is 0 Å². The van der Waals surface area contributed by atoms with Crippen LogP contribution < -0.4 is 16.6 Å². The third-order valence-corrected chi connectivity index (χ3v) is 6.34. The van der Waals surface area contributed by atoms with Gasteiger partial charge in [0.15, 0.2) is 5.65 Å². The average Bonchev–Trinajstić information content (AvgIpc) is 3.62. The van der Waals surface area contributed by atoms with Crippen LogP contribution in [0.4, 0.5) is 0 Å². The van der Waals surface area contributed by atoms with E-state index in [1.54, 1.807) is 6.07 Å². The molecule has 2 fully saturated rings. The number of pyridine rings is 1. The largest absolute Gasteiger partial charge is 0.351 e. The van der Waals surface area contributed by atoms with E-state index in [1.165, 1.54) is 4.57 Å². The zero-order valence-corrected chi connectivity index (χ0v) is 19.5. The van der Waals surface area contributed by atoms with E-state index < -0.39 is 17.2 Å². The van der Waals surface area contributed by atoms with E-state index in [9.17, 15) is 19.2 Å². The Bertz CT molecular complexity index is 1150. The summed E-state index contributed by atoms with van der Waals surface area (Å²) in [6.07, 6.45) is 6.50. The van der Waals surface area contributed by atoms with Gasteiger partial charge in [-0.1, -0.05) is 26.7 Å². The van der Waals surface area contributed by atoms with Crippen LogP contribution >= 0.6 is 0 Å². The first-order valence-electron chi connectivity index (χ1n) is 12.1. The van der Waals surface area contributed by atoms with Crippen LogP contribution in [-0.4, -0.2) is 50.9 Å². The van der Waals surface area contributed by atoms with Crippen LogP contribution in [0.1, 0.15) is 80.8 Å². The lowest BCUT2D eigenvalue weighted by Gasteiger charge is -2.20. The monoisotopic (exact) mass is 455 g/mol. The molecular formula is C24H33N5O4. The Hall–Kier alpha value is -2.97. The molecule has 0 aromatic carbocycles. The fourth-order valence-corrected chi connectivity index (χ4v) is 4.45. The van der Waals surface area contributed by atoms with Crippen LogP contribution in [0, 0.1) is 5.92 Å². The van der Waals surface area contributed by atoms with Gasteiger partial charge in [-0.05, 0) is 37.7 Å². The van der Waals surface area contributed by atoms with Crippen molar-refractivity contribution in [3.63, 3.8) is 0 Å². The minimum Gasteiger partial charge on any atom is -0.351 e. The molecule has 2 amide bonds. The van der Waals surface area contributed by atoms with E-state index in [4.69, 9.17) is 0 Å². The number of carbonyl (C=O) groups is 2. The molecule has 0 spiro atoms. The Morgan fingerprint density at radius 3 is 2.48 bits per heavy atom. The normalized spacial score (nSPS) is 16.8. The van der Waals surface area contributed by atoms with E-state index in [0.717, 1.165) is 57.3 Å². The first kappa shape index (κ1) is 23.2. The zero-order chi connectivity index (χ0) is 23.5. The third-order valence-electron chi connectivity index (χ3n) is 6.34. The predicted molar refractivity (Wildman–Crippen MR) is 125 cm³/mol. The summed E-state index contributed by atoms with van der Waals surface area (Å²) in [4.78, 5) is 59.8. The number of nitrogens with one attached hydrogen (secondary N) is 2. The highest BCUT2D eigenvalue weighted by molar-refractivity contribution is 6.05. The molecule has 0 radical (unpaired) electrons. The number of aromatic nitrogens is 3. The Labute approximate surface area is 192 Å². The molecule has 1 saturated carbocycles. The van der Waals surface area contributed by atoms with Crippen LogP contribution in [0.2, 0.25) is 0 Å². The number of hydrogen-bond acceptors (Lipinski definition) is 5. The van der Waals surface area contributed by atoms with E-state index in [-0.39, 0.29) is 47.3 Å². The Morgan fingerprint density at radius 2 is 1.85 bits per heavy atom. The fourth-order valence-electron chi connectivity index (χ4n) is 4.45. The number of aromatic amines is 1. The summed E-state index contributed by atoms with van der Waals surface area (Å²) >= 11 is 0. The molecule has 1 aliphatic carbocycles. The first-order chi connectivity index (χ1) is 15.8. The summed E-state index contributed by atoms with van der Waals surface area (Å²) in [5.41, 5.74) is 0.0676. The fraction of sp³-hybridized carbons (Fsp3) is 0.625. The molecule has 9 heteroatoms. The van der Waals surface area contributed by atoms with Crippen molar-refractivity contribution in [2.24, 2.45) is 5.92 Å². The van der Waals surface area contributed by atoms with Crippen LogP contribution in [0.25, 0.3) is 11.0 Å². The van der Waals surface area contributed by atoms with Crippen LogP contribution in [0.3, 0.4) is 0 Å². The summed E-state index contributed by atoms with van der Waals surface area (Å²) in [5.74, 6) is 0.0187. The number of amides is 2. The molecule has 4 rings (SSSR count). The predicted octanol–water partition coefficient (Wildman–Crippen LogP) is 2.14. The number of rotatable bonds is 7.